The summed E-state index contributed by atoms with van der Waals surface area (Å²) in [5.74, 6) is 4.07. The minimum atomic E-state index is 0.713. The van der Waals surface area contributed by atoms with E-state index < -0.39 is 0 Å². The summed E-state index contributed by atoms with van der Waals surface area (Å²) in [7, 11) is 3.25. The minimum absolute atomic E-state index is 0.713. The largest absolute Gasteiger partial charge is 0.497 e. The van der Waals surface area contributed by atoms with E-state index in [1.165, 1.54) is 0 Å². The highest BCUT2D eigenvalue weighted by Gasteiger charge is 2.05. The first-order valence-corrected chi connectivity index (χ1v) is 5.82. The number of terminal acetylenes is 1. The zero-order chi connectivity index (χ0) is 13.7. The van der Waals surface area contributed by atoms with Crippen molar-refractivity contribution in [2.75, 3.05) is 19.5 Å². The maximum Gasteiger partial charge on any atom is 0.145 e. The quantitative estimate of drug-likeness (QED) is 0.847. The lowest BCUT2D eigenvalue weighted by molar-refractivity contribution is 0.395. The SMILES string of the molecule is C#Cc1cccc(Nc2ccc(OC)cc2OC)c1. The van der Waals surface area contributed by atoms with Crippen molar-refractivity contribution < 1.29 is 9.47 Å². The van der Waals surface area contributed by atoms with Crippen molar-refractivity contribution in [3.8, 4) is 23.8 Å². The second-order valence-corrected chi connectivity index (χ2v) is 3.92. The summed E-state index contributed by atoms with van der Waals surface area (Å²) in [6.07, 6.45) is 5.39. The van der Waals surface area contributed by atoms with E-state index in [1.807, 2.05) is 42.5 Å². The average molecular weight is 253 g/mol. The molecule has 0 heterocycles. The summed E-state index contributed by atoms with van der Waals surface area (Å²) in [6, 6.07) is 13.3. The summed E-state index contributed by atoms with van der Waals surface area (Å²) >= 11 is 0. The number of hydrogen-bond acceptors (Lipinski definition) is 3. The maximum absolute atomic E-state index is 5.39. The Balaban J connectivity index is 2.30. The highest BCUT2D eigenvalue weighted by molar-refractivity contribution is 5.68. The van der Waals surface area contributed by atoms with Gasteiger partial charge < -0.3 is 14.8 Å². The Kier molecular flexibility index (Phi) is 3.94. The van der Waals surface area contributed by atoms with Crippen LogP contribution in [0.4, 0.5) is 11.4 Å². The fourth-order valence-electron chi connectivity index (χ4n) is 1.74. The minimum Gasteiger partial charge on any atom is -0.497 e. The van der Waals surface area contributed by atoms with Gasteiger partial charge in [-0.15, -0.1) is 6.42 Å². The van der Waals surface area contributed by atoms with Crippen molar-refractivity contribution in [1.29, 1.82) is 0 Å². The van der Waals surface area contributed by atoms with Gasteiger partial charge in [0.25, 0.3) is 0 Å². The summed E-state index contributed by atoms with van der Waals surface area (Å²) < 4.78 is 10.5. The van der Waals surface area contributed by atoms with E-state index in [4.69, 9.17) is 15.9 Å². The molecule has 0 aliphatic rings. The summed E-state index contributed by atoms with van der Waals surface area (Å²) in [5.41, 5.74) is 2.61. The Morgan fingerprint density at radius 2 is 1.89 bits per heavy atom. The van der Waals surface area contributed by atoms with Gasteiger partial charge in [-0.1, -0.05) is 12.0 Å². The summed E-state index contributed by atoms with van der Waals surface area (Å²) in [4.78, 5) is 0. The Morgan fingerprint density at radius 3 is 2.58 bits per heavy atom. The van der Waals surface area contributed by atoms with Gasteiger partial charge in [-0.3, -0.25) is 0 Å². The van der Waals surface area contributed by atoms with E-state index in [-0.39, 0.29) is 0 Å². The molecule has 96 valence electrons. The molecule has 0 aliphatic heterocycles. The molecule has 0 unspecified atom stereocenters. The van der Waals surface area contributed by atoms with E-state index in [0.29, 0.717) is 5.75 Å². The van der Waals surface area contributed by atoms with E-state index in [9.17, 15) is 0 Å². The van der Waals surface area contributed by atoms with Crippen molar-refractivity contribution in [2.45, 2.75) is 0 Å². The Hall–Kier alpha value is -2.60. The second kappa shape index (κ2) is 5.83. The first-order chi connectivity index (χ1) is 9.26. The number of ether oxygens (including phenoxy) is 2. The molecule has 19 heavy (non-hydrogen) atoms. The first kappa shape index (κ1) is 12.8. The van der Waals surface area contributed by atoms with Crippen molar-refractivity contribution in [3.63, 3.8) is 0 Å². The van der Waals surface area contributed by atoms with Crippen molar-refractivity contribution in [1.82, 2.24) is 0 Å². The van der Waals surface area contributed by atoms with Crippen molar-refractivity contribution in [2.24, 2.45) is 0 Å². The van der Waals surface area contributed by atoms with Gasteiger partial charge in [0.2, 0.25) is 0 Å². The molecule has 0 spiro atoms. The lowest BCUT2D eigenvalue weighted by atomic mass is 10.2. The lowest BCUT2D eigenvalue weighted by Gasteiger charge is -2.12. The predicted molar refractivity (Wildman–Crippen MR) is 77.2 cm³/mol. The molecule has 0 bridgehead atoms. The van der Waals surface area contributed by atoms with Crippen LogP contribution in [0.5, 0.6) is 11.5 Å². The van der Waals surface area contributed by atoms with Gasteiger partial charge in [0, 0.05) is 17.3 Å². The molecule has 0 saturated carbocycles. The van der Waals surface area contributed by atoms with E-state index in [1.54, 1.807) is 14.2 Å². The molecule has 0 amide bonds. The molecule has 2 rings (SSSR count). The van der Waals surface area contributed by atoms with Gasteiger partial charge in [-0.25, -0.2) is 0 Å². The Labute approximate surface area is 113 Å². The molecule has 0 aliphatic carbocycles. The third-order valence-corrected chi connectivity index (χ3v) is 2.72. The normalized spacial score (nSPS) is 9.53. The third kappa shape index (κ3) is 2.99. The van der Waals surface area contributed by atoms with E-state index in [2.05, 4.69) is 11.2 Å². The Bertz CT molecular complexity index is 614. The predicted octanol–water partition coefficient (Wildman–Crippen LogP) is 3.43. The molecule has 0 fully saturated rings. The maximum atomic E-state index is 5.39. The van der Waals surface area contributed by atoms with Gasteiger partial charge in [0.15, 0.2) is 0 Å². The molecule has 0 aromatic heterocycles. The van der Waals surface area contributed by atoms with Crippen LogP contribution in [0.1, 0.15) is 5.56 Å². The van der Waals surface area contributed by atoms with Crippen LogP contribution in [0.2, 0.25) is 0 Å². The number of hydrogen-bond donors (Lipinski definition) is 1. The van der Waals surface area contributed by atoms with Gasteiger partial charge >= 0.3 is 0 Å². The van der Waals surface area contributed by atoms with Gasteiger partial charge in [-0.05, 0) is 30.3 Å². The highest BCUT2D eigenvalue weighted by atomic mass is 16.5. The smallest absolute Gasteiger partial charge is 0.145 e. The van der Waals surface area contributed by atoms with Crippen molar-refractivity contribution >= 4 is 11.4 Å². The average Bonchev–Trinajstić information content (AvgIpc) is 2.48. The van der Waals surface area contributed by atoms with Crippen LogP contribution in [0.3, 0.4) is 0 Å². The third-order valence-electron chi connectivity index (χ3n) is 2.72. The van der Waals surface area contributed by atoms with E-state index in [0.717, 1.165) is 22.7 Å². The number of methoxy groups -OCH3 is 2. The topological polar surface area (TPSA) is 30.5 Å². The van der Waals surface area contributed by atoms with E-state index >= 15 is 0 Å². The lowest BCUT2D eigenvalue weighted by Crippen LogP contribution is -1.95. The first-order valence-electron chi connectivity index (χ1n) is 5.82. The van der Waals surface area contributed by atoms with Crippen LogP contribution in [0, 0.1) is 12.3 Å². The summed E-state index contributed by atoms with van der Waals surface area (Å²) in [6.45, 7) is 0. The number of nitrogens with one attached hydrogen (secondary N) is 1. The molecule has 3 heteroatoms. The standard InChI is InChI=1S/C16H15NO2/c1-4-12-6-5-7-13(10-12)17-15-9-8-14(18-2)11-16(15)19-3/h1,5-11,17H,2-3H3. The molecular formula is C16H15NO2. The van der Waals surface area contributed by atoms with Crippen LogP contribution in [0.15, 0.2) is 42.5 Å². The molecule has 1 N–H and O–H groups in total. The molecule has 2 aromatic carbocycles. The fraction of sp³-hybridized carbons (Fsp3) is 0.125. The van der Waals surface area contributed by atoms with Crippen LogP contribution in [-0.2, 0) is 0 Å². The molecule has 0 radical (unpaired) electrons. The number of benzene rings is 2. The fourth-order valence-corrected chi connectivity index (χ4v) is 1.74. The molecule has 3 nitrogen and oxygen atoms in total. The zero-order valence-corrected chi connectivity index (χ0v) is 10.9. The monoisotopic (exact) mass is 253 g/mol. The van der Waals surface area contributed by atoms with Crippen LogP contribution in [0.25, 0.3) is 0 Å². The summed E-state index contributed by atoms with van der Waals surface area (Å²) in [5, 5.41) is 3.27. The van der Waals surface area contributed by atoms with Gasteiger partial charge in [-0.2, -0.15) is 0 Å². The van der Waals surface area contributed by atoms with Gasteiger partial charge in [0.1, 0.15) is 11.5 Å². The number of anilines is 2. The molecular weight excluding hydrogens is 238 g/mol. The van der Waals surface area contributed by atoms with Crippen molar-refractivity contribution in [3.05, 3.63) is 48.0 Å². The van der Waals surface area contributed by atoms with Crippen LogP contribution in [-0.4, -0.2) is 14.2 Å². The van der Waals surface area contributed by atoms with Gasteiger partial charge in [0.05, 0.1) is 19.9 Å². The van der Waals surface area contributed by atoms with Crippen LogP contribution >= 0.6 is 0 Å². The molecule has 0 saturated heterocycles. The van der Waals surface area contributed by atoms with Crippen LogP contribution < -0.4 is 14.8 Å². The number of rotatable bonds is 4. The molecule has 2 aromatic rings. The highest BCUT2D eigenvalue weighted by Crippen LogP contribution is 2.31. The second-order valence-electron chi connectivity index (χ2n) is 3.92. The molecule has 0 atom stereocenters. The Morgan fingerprint density at radius 1 is 1.05 bits per heavy atom. The zero-order valence-electron chi connectivity index (χ0n) is 10.9.